The molecule has 1 fully saturated rings. The monoisotopic (exact) mass is 434 g/mol. The SMILES string of the molecule is C[C@H]1O[C@H](O)[C@@H](OCc2ccccc2)[C@H](OCc2ccccc2)[C@H]1OCc1ccccc1. The Kier molecular flexibility index (Phi) is 8.04. The van der Waals surface area contributed by atoms with Crippen molar-refractivity contribution in [3.05, 3.63) is 108 Å². The molecule has 5 heteroatoms. The first-order chi connectivity index (χ1) is 15.7. The van der Waals surface area contributed by atoms with Crippen LogP contribution in [0.2, 0.25) is 0 Å². The number of ether oxygens (including phenoxy) is 4. The topological polar surface area (TPSA) is 57.2 Å². The van der Waals surface area contributed by atoms with Crippen molar-refractivity contribution in [1.29, 1.82) is 0 Å². The van der Waals surface area contributed by atoms with Gasteiger partial charge in [0.05, 0.1) is 25.9 Å². The molecular weight excluding hydrogens is 404 g/mol. The lowest BCUT2D eigenvalue weighted by molar-refractivity contribution is -0.308. The van der Waals surface area contributed by atoms with Crippen molar-refractivity contribution in [1.82, 2.24) is 0 Å². The lowest BCUT2D eigenvalue weighted by atomic mass is 9.98. The highest BCUT2D eigenvalue weighted by Crippen LogP contribution is 2.29. The highest BCUT2D eigenvalue weighted by Gasteiger charge is 2.46. The van der Waals surface area contributed by atoms with Crippen LogP contribution in [-0.2, 0) is 38.8 Å². The van der Waals surface area contributed by atoms with Crippen molar-refractivity contribution in [3.8, 4) is 0 Å². The van der Waals surface area contributed by atoms with Crippen LogP contribution in [0, 0.1) is 0 Å². The van der Waals surface area contributed by atoms with E-state index < -0.39 is 24.6 Å². The maximum Gasteiger partial charge on any atom is 0.184 e. The first kappa shape index (κ1) is 22.6. The fraction of sp³-hybridized carbons (Fsp3) is 0.333. The lowest BCUT2D eigenvalue weighted by Crippen LogP contribution is -2.59. The summed E-state index contributed by atoms with van der Waals surface area (Å²) in [6.45, 7) is 3.05. The van der Waals surface area contributed by atoms with Crippen molar-refractivity contribution in [3.63, 3.8) is 0 Å². The first-order valence-corrected chi connectivity index (χ1v) is 11.0. The van der Waals surface area contributed by atoms with Crippen molar-refractivity contribution in [2.45, 2.75) is 57.5 Å². The van der Waals surface area contributed by atoms with E-state index >= 15 is 0 Å². The maximum absolute atomic E-state index is 10.7. The summed E-state index contributed by atoms with van der Waals surface area (Å²) in [5.41, 5.74) is 3.13. The predicted molar refractivity (Wildman–Crippen MR) is 122 cm³/mol. The summed E-state index contributed by atoms with van der Waals surface area (Å²) < 4.78 is 24.5. The summed E-state index contributed by atoms with van der Waals surface area (Å²) >= 11 is 0. The third-order valence-corrected chi connectivity index (χ3v) is 5.60. The molecule has 1 heterocycles. The van der Waals surface area contributed by atoms with Gasteiger partial charge in [0, 0.05) is 0 Å². The Labute approximate surface area is 189 Å². The maximum atomic E-state index is 10.7. The molecule has 0 bridgehead atoms. The molecule has 0 saturated carbocycles. The molecule has 0 aromatic heterocycles. The zero-order chi connectivity index (χ0) is 22.2. The lowest BCUT2D eigenvalue weighted by Gasteiger charge is -2.43. The highest BCUT2D eigenvalue weighted by molar-refractivity contribution is 5.15. The van der Waals surface area contributed by atoms with Crippen molar-refractivity contribution >= 4 is 0 Å². The number of aliphatic hydroxyl groups is 1. The zero-order valence-electron chi connectivity index (χ0n) is 18.2. The van der Waals surface area contributed by atoms with E-state index in [2.05, 4.69) is 0 Å². The summed E-state index contributed by atoms with van der Waals surface area (Å²) in [4.78, 5) is 0. The second kappa shape index (κ2) is 11.4. The molecule has 0 amide bonds. The fourth-order valence-corrected chi connectivity index (χ4v) is 3.89. The summed E-state index contributed by atoms with van der Waals surface area (Å²) in [5, 5.41) is 10.7. The van der Waals surface area contributed by atoms with Gasteiger partial charge in [0.1, 0.15) is 18.3 Å². The van der Waals surface area contributed by atoms with E-state index in [1.54, 1.807) is 0 Å². The molecule has 0 aliphatic carbocycles. The molecule has 1 saturated heterocycles. The van der Waals surface area contributed by atoms with Gasteiger partial charge in [0.15, 0.2) is 6.29 Å². The molecule has 3 aromatic rings. The van der Waals surface area contributed by atoms with E-state index in [4.69, 9.17) is 18.9 Å². The minimum absolute atomic E-state index is 0.344. The standard InChI is InChI=1S/C27H30O5/c1-20-24(29-17-21-11-5-2-6-12-21)25(30-18-22-13-7-3-8-14-22)26(27(28)32-20)31-19-23-15-9-4-10-16-23/h2-16,20,24-28H,17-19H2,1H3/t20-,24+,25-,26+,27+/m1/s1. The summed E-state index contributed by atoms with van der Waals surface area (Å²) in [5.74, 6) is 0. The van der Waals surface area contributed by atoms with E-state index in [9.17, 15) is 5.11 Å². The van der Waals surface area contributed by atoms with Crippen LogP contribution in [0.25, 0.3) is 0 Å². The van der Waals surface area contributed by atoms with Crippen molar-refractivity contribution in [2.75, 3.05) is 0 Å². The molecular formula is C27H30O5. The van der Waals surface area contributed by atoms with Gasteiger partial charge in [0.25, 0.3) is 0 Å². The van der Waals surface area contributed by atoms with Crippen LogP contribution >= 0.6 is 0 Å². The second-order valence-electron chi connectivity index (χ2n) is 8.02. The third-order valence-electron chi connectivity index (χ3n) is 5.60. The van der Waals surface area contributed by atoms with Gasteiger partial charge < -0.3 is 24.1 Å². The van der Waals surface area contributed by atoms with Crippen LogP contribution in [-0.4, -0.2) is 35.8 Å². The van der Waals surface area contributed by atoms with Gasteiger partial charge in [-0.05, 0) is 23.6 Å². The van der Waals surface area contributed by atoms with Crippen molar-refractivity contribution in [2.24, 2.45) is 0 Å². The second-order valence-corrected chi connectivity index (χ2v) is 8.02. The molecule has 168 valence electrons. The van der Waals surface area contributed by atoms with Crippen LogP contribution in [0.1, 0.15) is 23.6 Å². The Balaban J connectivity index is 1.50. The largest absolute Gasteiger partial charge is 0.368 e. The van der Waals surface area contributed by atoms with Gasteiger partial charge in [-0.3, -0.25) is 0 Å². The third kappa shape index (κ3) is 6.03. The van der Waals surface area contributed by atoms with Crippen LogP contribution in [0.5, 0.6) is 0 Å². The molecule has 1 aliphatic rings. The first-order valence-electron chi connectivity index (χ1n) is 11.0. The van der Waals surface area contributed by atoms with Gasteiger partial charge >= 0.3 is 0 Å². The van der Waals surface area contributed by atoms with Gasteiger partial charge in [-0.15, -0.1) is 0 Å². The van der Waals surface area contributed by atoms with Crippen LogP contribution < -0.4 is 0 Å². The minimum Gasteiger partial charge on any atom is -0.368 e. The average molecular weight is 435 g/mol. The fourth-order valence-electron chi connectivity index (χ4n) is 3.89. The van der Waals surface area contributed by atoms with Gasteiger partial charge in [0.2, 0.25) is 0 Å². The molecule has 4 rings (SSSR count). The van der Waals surface area contributed by atoms with Gasteiger partial charge in [-0.2, -0.15) is 0 Å². The Morgan fingerprint density at radius 1 is 0.594 bits per heavy atom. The molecule has 5 atom stereocenters. The molecule has 3 aromatic carbocycles. The zero-order valence-corrected chi connectivity index (χ0v) is 18.2. The minimum atomic E-state index is -1.11. The molecule has 32 heavy (non-hydrogen) atoms. The van der Waals surface area contributed by atoms with Crippen molar-refractivity contribution < 1.29 is 24.1 Å². The summed E-state index contributed by atoms with van der Waals surface area (Å²) in [7, 11) is 0. The Morgan fingerprint density at radius 3 is 1.41 bits per heavy atom. The Bertz CT molecular complexity index is 863. The number of hydrogen-bond donors (Lipinski definition) is 1. The average Bonchev–Trinajstić information content (AvgIpc) is 2.83. The van der Waals surface area contributed by atoms with Crippen LogP contribution in [0.15, 0.2) is 91.0 Å². The normalized spacial score (nSPS) is 25.5. The van der Waals surface area contributed by atoms with Gasteiger partial charge in [-0.25, -0.2) is 0 Å². The Hall–Kier alpha value is -2.54. The number of aliphatic hydroxyl groups excluding tert-OH is 1. The number of hydrogen-bond acceptors (Lipinski definition) is 5. The highest BCUT2D eigenvalue weighted by atomic mass is 16.7. The number of benzene rings is 3. The molecule has 1 N–H and O–H groups in total. The predicted octanol–water partition coefficient (Wildman–Crippen LogP) is 4.48. The van der Waals surface area contributed by atoms with E-state index in [1.165, 1.54) is 0 Å². The quantitative estimate of drug-likeness (QED) is 0.538. The molecule has 0 radical (unpaired) electrons. The van der Waals surface area contributed by atoms with E-state index in [0.29, 0.717) is 19.8 Å². The summed E-state index contributed by atoms with van der Waals surface area (Å²) in [6.07, 6.45) is -3.04. The molecule has 5 nitrogen and oxygen atoms in total. The van der Waals surface area contributed by atoms with E-state index in [1.807, 2.05) is 97.9 Å². The van der Waals surface area contributed by atoms with Gasteiger partial charge in [-0.1, -0.05) is 91.0 Å². The van der Waals surface area contributed by atoms with Crippen LogP contribution in [0.3, 0.4) is 0 Å². The van der Waals surface area contributed by atoms with Crippen LogP contribution in [0.4, 0.5) is 0 Å². The van der Waals surface area contributed by atoms with E-state index in [-0.39, 0.29) is 6.10 Å². The smallest absolute Gasteiger partial charge is 0.184 e. The Morgan fingerprint density at radius 2 is 0.969 bits per heavy atom. The molecule has 1 aliphatic heterocycles. The molecule has 0 spiro atoms. The molecule has 0 unspecified atom stereocenters. The van der Waals surface area contributed by atoms with E-state index in [0.717, 1.165) is 16.7 Å². The summed E-state index contributed by atoms with van der Waals surface area (Å²) in [6, 6.07) is 29.8. The number of rotatable bonds is 9.